The van der Waals surface area contributed by atoms with Crippen molar-refractivity contribution in [1.82, 2.24) is 19.9 Å². The van der Waals surface area contributed by atoms with Crippen molar-refractivity contribution in [3.63, 3.8) is 0 Å². The number of ether oxygens (including phenoxy) is 1. The van der Waals surface area contributed by atoms with Crippen LogP contribution in [0.2, 0.25) is 0 Å². The van der Waals surface area contributed by atoms with Crippen LogP contribution in [0.25, 0.3) is 11.5 Å². The fourth-order valence-electron chi connectivity index (χ4n) is 2.79. The number of rotatable bonds is 3. The minimum absolute atomic E-state index is 0.0198. The summed E-state index contributed by atoms with van der Waals surface area (Å²) in [5.41, 5.74) is 1.25. The number of amides is 1. The van der Waals surface area contributed by atoms with Gasteiger partial charge in [-0.2, -0.15) is 0 Å². The molecule has 1 atom stereocenters. The summed E-state index contributed by atoms with van der Waals surface area (Å²) in [6.07, 6.45) is 1.68. The zero-order valence-electron chi connectivity index (χ0n) is 13.8. The predicted molar refractivity (Wildman–Crippen MR) is 88.5 cm³/mol. The standard InChI is InChI=1S/C17H20N4O3/c1-11-10-24-8-7-21(11)15(22)9-13-12(2)19-16(20-17(13)23)14-5-3-4-6-18-14/h3-6,11H,7-10H2,1-2H3,(H,19,20,23)/t11-/m0/s1. The van der Waals surface area contributed by atoms with Crippen LogP contribution in [0.4, 0.5) is 0 Å². The fourth-order valence-corrected chi connectivity index (χ4v) is 2.79. The Hall–Kier alpha value is -2.54. The van der Waals surface area contributed by atoms with Crippen LogP contribution in [-0.4, -0.2) is 51.6 Å². The van der Waals surface area contributed by atoms with E-state index in [4.69, 9.17) is 4.74 Å². The largest absolute Gasteiger partial charge is 0.377 e. The van der Waals surface area contributed by atoms with Crippen molar-refractivity contribution in [2.24, 2.45) is 0 Å². The molecule has 3 heterocycles. The maximum atomic E-state index is 12.5. The number of carbonyl (C=O) groups is 1. The lowest BCUT2D eigenvalue weighted by molar-refractivity contribution is -0.138. The van der Waals surface area contributed by atoms with Crippen LogP contribution in [0.15, 0.2) is 29.2 Å². The quantitative estimate of drug-likeness (QED) is 0.905. The molecule has 7 nitrogen and oxygen atoms in total. The molecule has 0 bridgehead atoms. The van der Waals surface area contributed by atoms with Gasteiger partial charge in [-0.15, -0.1) is 0 Å². The number of aryl methyl sites for hydroxylation is 1. The third-order valence-corrected chi connectivity index (χ3v) is 4.15. The molecule has 0 spiro atoms. The molecule has 2 aromatic rings. The molecule has 3 rings (SSSR count). The average molecular weight is 328 g/mol. The minimum Gasteiger partial charge on any atom is -0.377 e. The second-order valence-electron chi connectivity index (χ2n) is 5.88. The van der Waals surface area contributed by atoms with Gasteiger partial charge in [-0.05, 0) is 26.0 Å². The van der Waals surface area contributed by atoms with Gasteiger partial charge < -0.3 is 14.6 Å². The molecular weight excluding hydrogens is 308 g/mol. The molecule has 7 heteroatoms. The van der Waals surface area contributed by atoms with Crippen LogP contribution in [0.5, 0.6) is 0 Å². The van der Waals surface area contributed by atoms with Gasteiger partial charge in [0.2, 0.25) is 5.91 Å². The molecule has 1 aliphatic rings. The zero-order chi connectivity index (χ0) is 17.1. The summed E-state index contributed by atoms with van der Waals surface area (Å²) in [6.45, 7) is 5.29. The van der Waals surface area contributed by atoms with E-state index < -0.39 is 0 Å². The Morgan fingerprint density at radius 1 is 1.46 bits per heavy atom. The molecule has 1 saturated heterocycles. The highest BCUT2D eigenvalue weighted by Gasteiger charge is 2.25. The van der Waals surface area contributed by atoms with Crippen LogP contribution in [0.1, 0.15) is 18.2 Å². The van der Waals surface area contributed by atoms with Crippen LogP contribution in [-0.2, 0) is 16.0 Å². The fraction of sp³-hybridized carbons (Fsp3) is 0.412. The van der Waals surface area contributed by atoms with E-state index in [-0.39, 0.29) is 23.9 Å². The molecule has 1 amide bonds. The molecule has 0 aromatic carbocycles. The average Bonchev–Trinajstić information content (AvgIpc) is 2.59. The predicted octanol–water partition coefficient (Wildman–Crippen LogP) is 0.930. The van der Waals surface area contributed by atoms with Gasteiger partial charge >= 0.3 is 0 Å². The highest BCUT2D eigenvalue weighted by atomic mass is 16.5. The second kappa shape index (κ2) is 6.92. The lowest BCUT2D eigenvalue weighted by Crippen LogP contribution is -2.48. The second-order valence-corrected chi connectivity index (χ2v) is 5.88. The number of nitrogens with zero attached hydrogens (tertiary/aromatic N) is 3. The first-order valence-electron chi connectivity index (χ1n) is 7.94. The Morgan fingerprint density at radius 3 is 2.96 bits per heavy atom. The molecular formula is C17H20N4O3. The SMILES string of the molecule is Cc1nc(-c2ccccn2)[nH]c(=O)c1CC(=O)N1CCOC[C@@H]1C. The van der Waals surface area contributed by atoms with Crippen LogP contribution in [0, 0.1) is 6.92 Å². The van der Waals surface area contributed by atoms with Crippen LogP contribution in [0.3, 0.4) is 0 Å². The number of pyridine rings is 1. The molecule has 0 saturated carbocycles. The van der Waals surface area contributed by atoms with Crippen molar-refractivity contribution < 1.29 is 9.53 Å². The number of hydrogen-bond donors (Lipinski definition) is 1. The molecule has 126 valence electrons. The van der Waals surface area contributed by atoms with Crippen LogP contribution >= 0.6 is 0 Å². The van der Waals surface area contributed by atoms with Gasteiger partial charge in [0.1, 0.15) is 5.69 Å². The highest BCUT2D eigenvalue weighted by Crippen LogP contribution is 2.13. The Kier molecular flexibility index (Phi) is 4.71. The Balaban J connectivity index is 1.84. The van der Waals surface area contributed by atoms with E-state index in [1.54, 1.807) is 30.2 Å². The number of morpholine rings is 1. The Bertz CT molecular complexity index is 788. The van der Waals surface area contributed by atoms with E-state index in [9.17, 15) is 9.59 Å². The topological polar surface area (TPSA) is 88.2 Å². The van der Waals surface area contributed by atoms with E-state index in [1.165, 1.54) is 0 Å². The van der Waals surface area contributed by atoms with Gasteiger partial charge in [-0.3, -0.25) is 14.6 Å². The zero-order valence-corrected chi connectivity index (χ0v) is 13.8. The van der Waals surface area contributed by atoms with Crippen molar-refractivity contribution in [3.8, 4) is 11.5 Å². The van der Waals surface area contributed by atoms with Gasteiger partial charge in [0.25, 0.3) is 5.56 Å². The first-order chi connectivity index (χ1) is 11.6. The summed E-state index contributed by atoms with van der Waals surface area (Å²) >= 11 is 0. The van der Waals surface area contributed by atoms with Gasteiger partial charge in [0, 0.05) is 24.0 Å². The van der Waals surface area contributed by atoms with Crippen molar-refractivity contribution in [1.29, 1.82) is 0 Å². The molecule has 24 heavy (non-hydrogen) atoms. The highest BCUT2D eigenvalue weighted by molar-refractivity contribution is 5.79. The smallest absolute Gasteiger partial charge is 0.255 e. The minimum atomic E-state index is -0.294. The van der Waals surface area contributed by atoms with Gasteiger partial charge in [-0.1, -0.05) is 6.07 Å². The lowest BCUT2D eigenvalue weighted by Gasteiger charge is -2.33. The third-order valence-electron chi connectivity index (χ3n) is 4.15. The van der Waals surface area contributed by atoms with Crippen molar-refractivity contribution in [3.05, 3.63) is 46.0 Å². The first-order valence-corrected chi connectivity index (χ1v) is 7.94. The maximum absolute atomic E-state index is 12.5. The van der Waals surface area contributed by atoms with Gasteiger partial charge in [0.05, 0.1) is 25.7 Å². The molecule has 0 unspecified atom stereocenters. The summed E-state index contributed by atoms with van der Waals surface area (Å²) in [5.74, 6) is 0.334. The van der Waals surface area contributed by atoms with Gasteiger partial charge in [0.15, 0.2) is 5.82 Å². The normalized spacial score (nSPS) is 17.8. The summed E-state index contributed by atoms with van der Waals surface area (Å²) in [4.78, 5) is 38.0. The van der Waals surface area contributed by atoms with E-state index in [1.807, 2.05) is 13.0 Å². The van der Waals surface area contributed by atoms with Crippen LogP contribution < -0.4 is 5.56 Å². The summed E-state index contributed by atoms with van der Waals surface area (Å²) in [5, 5.41) is 0. The van der Waals surface area contributed by atoms with Gasteiger partial charge in [-0.25, -0.2) is 4.98 Å². The lowest BCUT2D eigenvalue weighted by atomic mass is 10.1. The number of aromatic amines is 1. The third kappa shape index (κ3) is 3.35. The van der Waals surface area contributed by atoms with Crippen molar-refractivity contribution >= 4 is 5.91 Å². The summed E-state index contributed by atoms with van der Waals surface area (Å²) in [6, 6.07) is 5.42. The number of carbonyl (C=O) groups excluding carboxylic acids is 1. The molecule has 1 aliphatic heterocycles. The molecule has 0 aliphatic carbocycles. The molecule has 0 radical (unpaired) electrons. The van der Waals surface area contributed by atoms with E-state index in [0.29, 0.717) is 42.5 Å². The number of nitrogens with one attached hydrogen (secondary N) is 1. The number of aromatic nitrogens is 3. The summed E-state index contributed by atoms with van der Waals surface area (Å²) in [7, 11) is 0. The first kappa shape index (κ1) is 16.3. The number of H-pyrrole nitrogens is 1. The maximum Gasteiger partial charge on any atom is 0.255 e. The Morgan fingerprint density at radius 2 is 2.29 bits per heavy atom. The van der Waals surface area contributed by atoms with E-state index >= 15 is 0 Å². The summed E-state index contributed by atoms with van der Waals surface area (Å²) < 4.78 is 5.34. The molecule has 1 fully saturated rings. The molecule has 1 N–H and O–H groups in total. The Labute approximate surface area is 139 Å². The van der Waals surface area contributed by atoms with E-state index in [2.05, 4.69) is 15.0 Å². The van der Waals surface area contributed by atoms with E-state index in [0.717, 1.165) is 0 Å². The molecule has 2 aromatic heterocycles. The monoisotopic (exact) mass is 328 g/mol. The van der Waals surface area contributed by atoms with Crippen molar-refractivity contribution in [2.75, 3.05) is 19.8 Å². The number of hydrogen-bond acceptors (Lipinski definition) is 5. The van der Waals surface area contributed by atoms with Crippen molar-refractivity contribution in [2.45, 2.75) is 26.3 Å².